The van der Waals surface area contributed by atoms with Gasteiger partial charge >= 0.3 is 0 Å². The van der Waals surface area contributed by atoms with Crippen molar-refractivity contribution in [2.75, 3.05) is 19.5 Å². The normalized spacial score (nSPS) is 10.9. The Labute approximate surface area is 165 Å². The van der Waals surface area contributed by atoms with Crippen LogP contribution in [-0.2, 0) is 6.54 Å². The van der Waals surface area contributed by atoms with Crippen molar-refractivity contribution < 1.29 is 18.3 Å². The molecular weight excluding hydrogens is 392 g/mol. The summed E-state index contributed by atoms with van der Waals surface area (Å²) in [6, 6.07) is 2.27. The van der Waals surface area contributed by atoms with Crippen molar-refractivity contribution in [2.24, 2.45) is 0 Å². The van der Waals surface area contributed by atoms with Gasteiger partial charge in [-0.3, -0.25) is 4.68 Å². The average molecular weight is 410 g/mol. The third-order valence-corrected chi connectivity index (χ3v) is 4.53. The molecule has 0 saturated heterocycles. The molecule has 0 bridgehead atoms. The van der Waals surface area contributed by atoms with Crippen LogP contribution in [-0.4, -0.2) is 33.5 Å². The van der Waals surface area contributed by atoms with E-state index in [0.29, 0.717) is 18.1 Å². The molecule has 0 amide bonds. The molecule has 3 rings (SSSR count). The zero-order valence-corrected chi connectivity index (χ0v) is 16.2. The molecular formula is C18H18ClF2N5O2. The number of anilines is 1. The Hall–Kier alpha value is -2.94. The van der Waals surface area contributed by atoms with Crippen LogP contribution in [0.5, 0.6) is 11.5 Å². The zero-order valence-electron chi connectivity index (χ0n) is 15.5. The molecule has 1 aromatic carbocycles. The molecule has 2 N–H and O–H groups in total. The number of hydrogen-bond donors (Lipinski definition) is 1. The summed E-state index contributed by atoms with van der Waals surface area (Å²) in [5.74, 6) is -0.729. The van der Waals surface area contributed by atoms with Crippen molar-refractivity contribution in [3.05, 3.63) is 46.2 Å². The van der Waals surface area contributed by atoms with Crippen LogP contribution in [0.15, 0.2) is 18.3 Å². The highest BCUT2D eigenvalue weighted by molar-refractivity contribution is 6.33. The highest BCUT2D eigenvalue weighted by Crippen LogP contribution is 2.30. The number of rotatable bonds is 6. The van der Waals surface area contributed by atoms with E-state index in [1.165, 1.54) is 18.0 Å². The molecule has 7 nitrogen and oxygen atoms in total. The Balaban J connectivity index is 1.97. The van der Waals surface area contributed by atoms with Crippen LogP contribution in [0.3, 0.4) is 0 Å². The van der Waals surface area contributed by atoms with E-state index in [4.69, 9.17) is 26.8 Å². The van der Waals surface area contributed by atoms with Gasteiger partial charge in [-0.1, -0.05) is 11.6 Å². The standard InChI is InChI=1S/C18H18ClF2N5O2/c1-4-28-10-5-12(20)11(13(21)6-10)8-26-9(2)15(19)16(25-26)18-23-7-14(27-3)17(22)24-18/h5-7H,4,8H2,1-3H3,(H2,22,23,24). The van der Waals surface area contributed by atoms with Crippen LogP contribution in [0.4, 0.5) is 14.6 Å². The number of nitrogens with zero attached hydrogens (tertiary/aromatic N) is 4. The van der Waals surface area contributed by atoms with Gasteiger partial charge in [0.1, 0.15) is 23.1 Å². The van der Waals surface area contributed by atoms with Gasteiger partial charge in [0.15, 0.2) is 17.4 Å². The van der Waals surface area contributed by atoms with E-state index in [0.717, 1.165) is 12.1 Å². The molecule has 0 aliphatic rings. The number of aromatic nitrogens is 4. The highest BCUT2D eigenvalue weighted by Gasteiger charge is 2.20. The van der Waals surface area contributed by atoms with E-state index in [2.05, 4.69) is 15.1 Å². The van der Waals surface area contributed by atoms with E-state index in [1.54, 1.807) is 13.8 Å². The summed E-state index contributed by atoms with van der Waals surface area (Å²) >= 11 is 6.34. The number of nitrogen functional groups attached to an aromatic ring is 1. The SMILES string of the molecule is CCOc1cc(F)c(Cn2nc(-c3ncc(OC)c(N)n3)c(Cl)c2C)c(F)c1. The van der Waals surface area contributed by atoms with Gasteiger partial charge in [0, 0.05) is 17.7 Å². The predicted octanol–water partition coefficient (Wildman–Crippen LogP) is 3.62. The first-order valence-corrected chi connectivity index (χ1v) is 8.74. The Kier molecular flexibility index (Phi) is 5.64. The molecule has 0 spiro atoms. The van der Waals surface area contributed by atoms with Crippen molar-refractivity contribution in [2.45, 2.75) is 20.4 Å². The molecule has 0 aliphatic carbocycles. The molecule has 148 valence electrons. The molecule has 28 heavy (non-hydrogen) atoms. The van der Waals surface area contributed by atoms with E-state index in [-0.39, 0.29) is 40.2 Å². The minimum atomic E-state index is -0.735. The second-order valence-corrected chi connectivity index (χ2v) is 6.23. The summed E-state index contributed by atoms with van der Waals surface area (Å²) in [6.45, 7) is 3.55. The second-order valence-electron chi connectivity index (χ2n) is 5.85. The first-order chi connectivity index (χ1) is 13.3. The summed E-state index contributed by atoms with van der Waals surface area (Å²) < 4.78 is 40.3. The number of nitrogens with two attached hydrogens (primary N) is 1. The summed E-state index contributed by atoms with van der Waals surface area (Å²) in [5.41, 5.74) is 6.39. The summed E-state index contributed by atoms with van der Waals surface area (Å²) in [4.78, 5) is 8.25. The predicted molar refractivity (Wildman–Crippen MR) is 101 cm³/mol. The smallest absolute Gasteiger partial charge is 0.183 e. The maximum Gasteiger partial charge on any atom is 0.183 e. The van der Waals surface area contributed by atoms with Gasteiger partial charge in [-0.25, -0.2) is 18.7 Å². The highest BCUT2D eigenvalue weighted by atomic mass is 35.5. The Morgan fingerprint density at radius 2 is 1.93 bits per heavy atom. The minimum absolute atomic E-state index is 0.124. The van der Waals surface area contributed by atoms with Crippen molar-refractivity contribution in [3.8, 4) is 23.0 Å². The van der Waals surface area contributed by atoms with Gasteiger partial charge in [0.05, 0.1) is 37.2 Å². The van der Waals surface area contributed by atoms with E-state index < -0.39 is 11.6 Å². The van der Waals surface area contributed by atoms with E-state index >= 15 is 0 Å². The number of hydrogen-bond acceptors (Lipinski definition) is 6. The zero-order chi connectivity index (χ0) is 20.4. The Morgan fingerprint density at radius 1 is 1.25 bits per heavy atom. The first-order valence-electron chi connectivity index (χ1n) is 8.36. The fourth-order valence-corrected chi connectivity index (χ4v) is 2.83. The van der Waals surface area contributed by atoms with Gasteiger partial charge in [0.2, 0.25) is 0 Å². The molecule has 2 heterocycles. The van der Waals surface area contributed by atoms with Gasteiger partial charge in [-0.05, 0) is 13.8 Å². The van der Waals surface area contributed by atoms with Crippen LogP contribution in [0, 0.1) is 18.6 Å². The van der Waals surface area contributed by atoms with Crippen molar-refractivity contribution in [1.29, 1.82) is 0 Å². The molecule has 0 unspecified atom stereocenters. The van der Waals surface area contributed by atoms with Crippen LogP contribution < -0.4 is 15.2 Å². The molecule has 0 saturated carbocycles. The van der Waals surface area contributed by atoms with E-state index in [9.17, 15) is 8.78 Å². The van der Waals surface area contributed by atoms with Gasteiger partial charge < -0.3 is 15.2 Å². The fraction of sp³-hybridized carbons (Fsp3) is 0.278. The lowest BCUT2D eigenvalue weighted by Crippen LogP contribution is -2.09. The maximum absolute atomic E-state index is 14.4. The van der Waals surface area contributed by atoms with Crippen LogP contribution in [0.25, 0.3) is 11.5 Å². The molecule has 3 aromatic rings. The van der Waals surface area contributed by atoms with Gasteiger partial charge in [-0.15, -0.1) is 0 Å². The Bertz CT molecular complexity index is 1000. The lowest BCUT2D eigenvalue weighted by molar-refractivity contribution is 0.335. The topological polar surface area (TPSA) is 88.1 Å². The molecule has 0 radical (unpaired) electrons. The summed E-state index contributed by atoms with van der Waals surface area (Å²) in [7, 11) is 1.44. The average Bonchev–Trinajstić information content (AvgIpc) is 2.93. The van der Waals surface area contributed by atoms with Gasteiger partial charge in [-0.2, -0.15) is 5.10 Å². The number of halogens is 3. The minimum Gasteiger partial charge on any atom is -0.494 e. The second kappa shape index (κ2) is 7.97. The molecule has 2 aromatic heterocycles. The number of methoxy groups -OCH3 is 1. The number of ether oxygens (including phenoxy) is 2. The van der Waals surface area contributed by atoms with E-state index in [1.807, 2.05) is 0 Å². The Morgan fingerprint density at radius 3 is 2.50 bits per heavy atom. The molecule has 0 aliphatic heterocycles. The first kappa shape index (κ1) is 19.8. The molecule has 0 fully saturated rings. The lowest BCUT2D eigenvalue weighted by atomic mass is 10.2. The molecule has 0 atom stereocenters. The van der Waals surface area contributed by atoms with Crippen LogP contribution in [0.2, 0.25) is 5.02 Å². The lowest BCUT2D eigenvalue weighted by Gasteiger charge is -2.10. The van der Waals surface area contributed by atoms with Crippen molar-refractivity contribution in [3.63, 3.8) is 0 Å². The maximum atomic E-state index is 14.4. The summed E-state index contributed by atoms with van der Waals surface area (Å²) in [5, 5.41) is 4.57. The summed E-state index contributed by atoms with van der Waals surface area (Å²) in [6.07, 6.45) is 1.40. The third-order valence-electron chi connectivity index (χ3n) is 4.08. The molecule has 10 heteroatoms. The van der Waals surface area contributed by atoms with Crippen molar-refractivity contribution in [1.82, 2.24) is 19.7 Å². The van der Waals surface area contributed by atoms with Crippen LogP contribution in [0.1, 0.15) is 18.2 Å². The van der Waals surface area contributed by atoms with Gasteiger partial charge in [0.25, 0.3) is 0 Å². The quantitative estimate of drug-likeness (QED) is 0.669. The third kappa shape index (κ3) is 3.70. The van der Waals surface area contributed by atoms with Crippen LogP contribution >= 0.6 is 11.6 Å². The number of benzene rings is 1. The van der Waals surface area contributed by atoms with Crippen molar-refractivity contribution >= 4 is 17.4 Å². The fourth-order valence-electron chi connectivity index (χ4n) is 2.61. The largest absolute Gasteiger partial charge is 0.494 e. The monoisotopic (exact) mass is 409 g/mol.